The third-order valence-corrected chi connectivity index (χ3v) is 5.53. The fourth-order valence-electron chi connectivity index (χ4n) is 3.77. The van der Waals surface area contributed by atoms with E-state index in [9.17, 15) is 14.9 Å². The Balaban J connectivity index is 1.46. The summed E-state index contributed by atoms with van der Waals surface area (Å²) in [6.07, 6.45) is 2.34. The van der Waals surface area contributed by atoms with Crippen LogP contribution in [0, 0.1) is 16.0 Å². The molecule has 1 unspecified atom stereocenters. The summed E-state index contributed by atoms with van der Waals surface area (Å²) in [6, 6.07) is 17.1. The van der Waals surface area contributed by atoms with Crippen molar-refractivity contribution in [1.82, 2.24) is 5.32 Å². The zero-order valence-electron chi connectivity index (χ0n) is 16.2. The first-order valence-electron chi connectivity index (χ1n) is 9.87. The molecule has 1 atom stereocenters. The Kier molecular flexibility index (Phi) is 6.63. The molecule has 1 N–H and O–H groups in total. The lowest BCUT2D eigenvalue weighted by Gasteiger charge is -2.32. The first-order chi connectivity index (χ1) is 13.6. The van der Waals surface area contributed by atoms with Gasteiger partial charge in [-0.25, -0.2) is 0 Å². The monoisotopic (exact) mass is 381 g/mol. The van der Waals surface area contributed by atoms with E-state index in [1.807, 2.05) is 29.2 Å². The number of anilines is 1. The molecule has 6 nitrogen and oxygen atoms in total. The van der Waals surface area contributed by atoms with Crippen molar-refractivity contribution in [3.63, 3.8) is 0 Å². The zero-order chi connectivity index (χ0) is 19.9. The maximum Gasteiger partial charge on any atom is 0.292 e. The smallest absolute Gasteiger partial charge is 0.292 e. The van der Waals surface area contributed by atoms with Crippen molar-refractivity contribution >= 4 is 17.3 Å². The molecule has 1 aliphatic rings. The van der Waals surface area contributed by atoms with Gasteiger partial charge in [0, 0.05) is 31.6 Å². The summed E-state index contributed by atoms with van der Waals surface area (Å²) in [6.45, 7) is 4.15. The number of para-hydroxylation sites is 2. The highest BCUT2D eigenvalue weighted by Gasteiger charge is 2.27. The number of benzene rings is 2. The normalized spacial score (nSPS) is 15.8. The first kappa shape index (κ1) is 19.9. The number of nitro groups is 1. The standard InChI is InChI=1S/C22H27N3O3/c1-17(18-7-3-2-4-8-18)11-14-23-22(26)19-12-15-24(16-13-19)20-9-5-6-10-21(20)25(27)28/h2-10,17,19H,11-16H2,1H3,(H,23,26). The van der Waals surface area contributed by atoms with Crippen molar-refractivity contribution in [2.24, 2.45) is 5.92 Å². The van der Waals surface area contributed by atoms with Gasteiger partial charge in [-0.1, -0.05) is 49.4 Å². The van der Waals surface area contributed by atoms with Crippen LogP contribution in [0.2, 0.25) is 0 Å². The van der Waals surface area contributed by atoms with E-state index >= 15 is 0 Å². The Morgan fingerprint density at radius 3 is 2.46 bits per heavy atom. The topological polar surface area (TPSA) is 75.5 Å². The van der Waals surface area contributed by atoms with Crippen molar-refractivity contribution in [3.05, 3.63) is 70.3 Å². The quantitative estimate of drug-likeness (QED) is 0.578. The highest BCUT2D eigenvalue weighted by atomic mass is 16.6. The van der Waals surface area contributed by atoms with Crippen molar-refractivity contribution < 1.29 is 9.72 Å². The Morgan fingerprint density at radius 1 is 1.14 bits per heavy atom. The molecular formula is C22H27N3O3. The molecule has 0 aliphatic carbocycles. The molecule has 0 saturated carbocycles. The lowest BCUT2D eigenvalue weighted by atomic mass is 9.94. The Bertz CT molecular complexity index is 802. The Labute approximate surface area is 165 Å². The molecule has 0 bridgehead atoms. The average molecular weight is 381 g/mol. The van der Waals surface area contributed by atoms with Gasteiger partial charge in [0.1, 0.15) is 5.69 Å². The summed E-state index contributed by atoms with van der Waals surface area (Å²) < 4.78 is 0. The summed E-state index contributed by atoms with van der Waals surface area (Å²) in [7, 11) is 0. The highest BCUT2D eigenvalue weighted by molar-refractivity contribution is 5.79. The molecule has 1 amide bonds. The molecular weight excluding hydrogens is 354 g/mol. The van der Waals surface area contributed by atoms with Gasteiger partial charge in [-0.2, -0.15) is 0 Å². The largest absolute Gasteiger partial charge is 0.366 e. The van der Waals surface area contributed by atoms with Crippen molar-refractivity contribution in [3.8, 4) is 0 Å². The predicted octanol–water partition coefficient (Wildman–Crippen LogP) is 4.12. The number of nitro benzene ring substituents is 1. The van der Waals surface area contributed by atoms with Crippen LogP contribution in [0.25, 0.3) is 0 Å². The van der Waals surface area contributed by atoms with Gasteiger partial charge >= 0.3 is 0 Å². The average Bonchev–Trinajstić information content (AvgIpc) is 2.74. The van der Waals surface area contributed by atoms with Gasteiger partial charge in [-0.3, -0.25) is 14.9 Å². The van der Waals surface area contributed by atoms with Crippen LogP contribution >= 0.6 is 0 Å². The Hall–Kier alpha value is -2.89. The molecule has 148 valence electrons. The number of nitrogens with one attached hydrogen (secondary N) is 1. The molecule has 2 aromatic carbocycles. The zero-order valence-corrected chi connectivity index (χ0v) is 16.2. The van der Waals surface area contributed by atoms with E-state index in [1.54, 1.807) is 12.1 Å². The number of rotatable bonds is 7. The lowest BCUT2D eigenvalue weighted by Crippen LogP contribution is -2.41. The number of hydrogen-bond donors (Lipinski definition) is 1. The minimum Gasteiger partial charge on any atom is -0.366 e. The van der Waals surface area contributed by atoms with Crippen LogP contribution in [0.1, 0.15) is 37.7 Å². The van der Waals surface area contributed by atoms with E-state index < -0.39 is 0 Å². The van der Waals surface area contributed by atoms with Crippen LogP contribution in [0.3, 0.4) is 0 Å². The minimum absolute atomic E-state index is 0.0222. The van der Waals surface area contributed by atoms with Crippen LogP contribution in [0.15, 0.2) is 54.6 Å². The van der Waals surface area contributed by atoms with E-state index in [0.29, 0.717) is 44.1 Å². The van der Waals surface area contributed by atoms with E-state index in [1.165, 1.54) is 11.6 Å². The van der Waals surface area contributed by atoms with Gasteiger partial charge in [0.15, 0.2) is 0 Å². The fraction of sp³-hybridized carbons (Fsp3) is 0.409. The van der Waals surface area contributed by atoms with Crippen molar-refractivity contribution in [1.29, 1.82) is 0 Å². The van der Waals surface area contributed by atoms with Crippen molar-refractivity contribution in [2.45, 2.75) is 32.1 Å². The van der Waals surface area contributed by atoms with Crippen LogP contribution in [0.5, 0.6) is 0 Å². The number of carbonyl (C=O) groups excluding carboxylic acids is 1. The number of nitrogens with zero attached hydrogens (tertiary/aromatic N) is 2. The maximum absolute atomic E-state index is 12.5. The molecule has 1 aliphatic heterocycles. The van der Waals surface area contributed by atoms with Crippen LogP contribution in [0.4, 0.5) is 11.4 Å². The van der Waals surface area contributed by atoms with Crippen LogP contribution in [-0.2, 0) is 4.79 Å². The minimum atomic E-state index is -0.345. The summed E-state index contributed by atoms with van der Waals surface area (Å²) in [4.78, 5) is 25.4. The fourth-order valence-corrected chi connectivity index (χ4v) is 3.77. The van der Waals surface area contributed by atoms with Gasteiger partial charge in [-0.05, 0) is 36.8 Å². The second-order valence-electron chi connectivity index (χ2n) is 7.40. The predicted molar refractivity (Wildman–Crippen MR) is 111 cm³/mol. The number of amides is 1. The highest BCUT2D eigenvalue weighted by Crippen LogP contribution is 2.31. The molecule has 0 aromatic heterocycles. The number of piperidine rings is 1. The molecule has 0 radical (unpaired) electrons. The second kappa shape index (κ2) is 9.35. The third kappa shape index (κ3) is 4.88. The van der Waals surface area contributed by atoms with Gasteiger partial charge in [0.25, 0.3) is 5.69 Å². The first-order valence-corrected chi connectivity index (χ1v) is 9.87. The number of carbonyl (C=O) groups is 1. The summed E-state index contributed by atoms with van der Waals surface area (Å²) in [5.74, 6) is 0.482. The van der Waals surface area contributed by atoms with E-state index in [2.05, 4.69) is 24.4 Å². The van der Waals surface area contributed by atoms with E-state index in [-0.39, 0.29) is 22.4 Å². The van der Waals surface area contributed by atoms with Crippen molar-refractivity contribution in [2.75, 3.05) is 24.5 Å². The molecule has 0 spiro atoms. The third-order valence-electron chi connectivity index (χ3n) is 5.53. The lowest BCUT2D eigenvalue weighted by molar-refractivity contribution is -0.384. The van der Waals surface area contributed by atoms with Crippen LogP contribution in [-0.4, -0.2) is 30.5 Å². The number of hydrogen-bond acceptors (Lipinski definition) is 4. The van der Waals surface area contributed by atoms with Crippen LogP contribution < -0.4 is 10.2 Å². The molecule has 3 rings (SSSR count). The van der Waals surface area contributed by atoms with E-state index in [4.69, 9.17) is 0 Å². The van der Waals surface area contributed by atoms with Gasteiger partial charge in [-0.15, -0.1) is 0 Å². The molecule has 2 aromatic rings. The van der Waals surface area contributed by atoms with E-state index in [0.717, 1.165) is 6.42 Å². The Morgan fingerprint density at radius 2 is 1.79 bits per heavy atom. The second-order valence-corrected chi connectivity index (χ2v) is 7.40. The molecule has 1 heterocycles. The summed E-state index contributed by atoms with van der Waals surface area (Å²) in [5, 5.41) is 14.3. The maximum atomic E-state index is 12.5. The summed E-state index contributed by atoms with van der Waals surface area (Å²) in [5.41, 5.74) is 2.05. The SMILES string of the molecule is CC(CCNC(=O)C1CCN(c2ccccc2[N+](=O)[O-])CC1)c1ccccc1. The van der Waals surface area contributed by atoms with Gasteiger partial charge < -0.3 is 10.2 Å². The molecule has 28 heavy (non-hydrogen) atoms. The molecule has 1 saturated heterocycles. The van der Waals surface area contributed by atoms with Gasteiger partial charge in [0.05, 0.1) is 4.92 Å². The van der Waals surface area contributed by atoms with Gasteiger partial charge in [0.2, 0.25) is 5.91 Å². The summed E-state index contributed by atoms with van der Waals surface area (Å²) >= 11 is 0. The molecule has 1 fully saturated rings. The molecule has 6 heteroatoms.